The van der Waals surface area contributed by atoms with Crippen molar-refractivity contribution < 1.29 is 18.7 Å². The molecule has 0 atom stereocenters. The van der Waals surface area contributed by atoms with Crippen molar-refractivity contribution in [1.29, 1.82) is 5.26 Å². The van der Waals surface area contributed by atoms with Crippen molar-refractivity contribution in [2.75, 3.05) is 31.5 Å². The number of amides is 1. The number of hydrogen-bond acceptors (Lipinski definition) is 7. The number of rotatable bonds is 6. The first kappa shape index (κ1) is 30.6. The minimum absolute atomic E-state index is 0. The zero-order chi connectivity index (χ0) is 26.5. The molecule has 40 heavy (non-hydrogen) atoms. The summed E-state index contributed by atoms with van der Waals surface area (Å²) < 4.78 is 19.4. The summed E-state index contributed by atoms with van der Waals surface area (Å²) in [7, 11) is 0. The van der Waals surface area contributed by atoms with Gasteiger partial charge in [0.25, 0.3) is 5.91 Å². The summed E-state index contributed by atoms with van der Waals surface area (Å²) in [4.78, 5) is 19.6. The Labute approximate surface area is 243 Å². The van der Waals surface area contributed by atoms with Crippen LogP contribution in [0.4, 0.5) is 10.2 Å². The first-order valence-corrected chi connectivity index (χ1v) is 12.3. The molecule has 1 aliphatic rings. The number of anilines is 1. The van der Waals surface area contributed by atoms with Crippen molar-refractivity contribution in [3.8, 4) is 34.2 Å². The molecular formula is C29H28Cl2FN5O3. The molecule has 1 saturated heterocycles. The number of phenols is 1. The van der Waals surface area contributed by atoms with Crippen molar-refractivity contribution in [3.63, 3.8) is 0 Å². The van der Waals surface area contributed by atoms with Crippen LogP contribution in [0.2, 0.25) is 0 Å². The Bertz CT molecular complexity index is 1500. The third kappa shape index (κ3) is 6.79. The maximum atomic E-state index is 14.2. The molecule has 3 heterocycles. The molecule has 0 aliphatic carbocycles. The van der Waals surface area contributed by atoms with E-state index in [1.54, 1.807) is 12.1 Å². The predicted molar refractivity (Wildman–Crippen MR) is 155 cm³/mol. The number of halogens is 3. The number of pyridine rings is 1. The Morgan fingerprint density at radius 2 is 1.93 bits per heavy atom. The van der Waals surface area contributed by atoms with Crippen LogP contribution < -0.4 is 10.6 Å². The fourth-order valence-electron chi connectivity index (χ4n) is 4.57. The molecule has 0 unspecified atom stereocenters. The molecule has 5 rings (SSSR count). The SMILES string of the molecule is Cl.Cl.N#Cc1c(-c2cccc(CN3CCCNCC3)c2)cc(-c2cccc(F)c2O)nc1NC(=O)c1ccco1. The highest BCUT2D eigenvalue weighted by Gasteiger charge is 2.21. The highest BCUT2D eigenvalue weighted by Crippen LogP contribution is 2.37. The fraction of sp³-hybridized carbons (Fsp3) is 0.207. The topological polar surface area (TPSA) is 114 Å². The normalized spacial score (nSPS) is 13.3. The van der Waals surface area contributed by atoms with Crippen molar-refractivity contribution >= 4 is 36.5 Å². The van der Waals surface area contributed by atoms with Gasteiger partial charge in [0.1, 0.15) is 11.6 Å². The summed E-state index contributed by atoms with van der Waals surface area (Å²) in [6.45, 7) is 4.61. The second-order valence-corrected chi connectivity index (χ2v) is 9.04. The van der Waals surface area contributed by atoms with E-state index < -0.39 is 17.5 Å². The van der Waals surface area contributed by atoms with Crippen LogP contribution in [-0.2, 0) is 6.54 Å². The minimum atomic E-state index is -0.801. The van der Waals surface area contributed by atoms with Crippen LogP contribution in [0.3, 0.4) is 0 Å². The van der Waals surface area contributed by atoms with Gasteiger partial charge in [0.15, 0.2) is 23.1 Å². The summed E-state index contributed by atoms with van der Waals surface area (Å²) in [6, 6.07) is 18.8. The third-order valence-corrected chi connectivity index (χ3v) is 6.45. The number of para-hydroxylation sites is 1. The summed E-state index contributed by atoms with van der Waals surface area (Å²) in [6.07, 6.45) is 2.44. The van der Waals surface area contributed by atoms with Crippen LogP contribution in [0.15, 0.2) is 71.3 Å². The molecular weight excluding hydrogens is 556 g/mol. The van der Waals surface area contributed by atoms with Crippen LogP contribution in [0.25, 0.3) is 22.4 Å². The van der Waals surface area contributed by atoms with Crippen molar-refractivity contribution in [2.45, 2.75) is 13.0 Å². The van der Waals surface area contributed by atoms with Crippen LogP contribution in [0, 0.1) is 17.1 Å². The molecule has 0 radical (unpaired) electrons. The van der Waals surface area contributed by atoms with Crippen LogP contribution >= 0.6 is 24.8 Å². The third-order valence-electron chi connectivity index (χ3n) is 6.45. The molecule has 0 saturated carbocycles. The molecule has 2 aromatic carbocycles. The molecule has 1 fully saturated rings. The minimum Gasteiger partial charge on any atom is -0.504 e. The second-order valence-electron chi connectivity index (χ2n) is 9.04. The van der Waals surface area contributed by atoms with E-state index in [1.165, 1.54) is 24.5 Å². The molecule has 208 valence electrons. The number of furan rings is 1. The van der Waals surface area contributed by atoms with Gasteiger partial charge in [-0.05, 0) is 67.0 Å². The van der Waals surface area contributed by atoms with Crippen LogP contribution in [0.5, 0.6) is 5.75 Å². The van der Waals surface area contributed by atoms with Gasteiger partial charge < -0.3 is 20.2 Å². The number of benzene rings is 2. The van der Waals surface area contributed by atoms with E-state index >= 15 is 0 Å². The number of nitrogens with one attached hydrogen (secondary N) is 2. The maximum absolute atomic E-state index is 14.2. The number of aromatic nitrogens is 1. The summed E-state index contributed by atoms with van der Waals surface area (Å²) >= 11 is 0. The highest BCUT2D eigenvalue weighted by molar-refractivity contribution is 6.03. The molecule has 2 aromatic heterocycles. The van der Waals surface area contributed by atoms with Gasteiger partial charge in [-0.25, -0.2) is 9.37 Å². The molecule has 1 aliphatic heterocycles. The van der Waals surface area contributed by atoms with E-state index in [2.05, 4.69) is 26.6 Å². The Hall–Kier alpha value is -3.94. The number of phenolic OH excluding ortho intramolecular Hbond substituents is 1. The Kier molecular flexibility index (Phi) is 10.6. The summed E-state index contributed by atoms with van der Waals surface area (Å²) in [5.74, 6) is -1.93. The Morgan fingerprint density at radius 1 is 1.10 bits per heavy atom. The molecule has 4 aromatic rings. The quantitative estimate of drug-likeness (QED) is 0.270. The number of hydrogen-bond donors (Lipinski definition) is 3. The predicted octanol–water partition coefficient (Wildman–Crippen LogP) is 5.62. The molecule has 0 spiro atoms. The lowest BCUT2D eigenvalue weighted by molar-refractivity contribution is 0.0996. The van der Waals surface area contributed by atoms with Gasteiger partial charge in [-0.3, -0.25) is 9.69 Å². The number of carbonyl (C=O) groups excluding carboxylic acids is 1. The van der Waals surface area contributed by atoms with E-state index in [-0.39, 0.29) is 53.2 Å². The van der Waals surface area contributed by atoms with Gasteiger partial charge >= 0.3 is 0 Å². The highest BCUT2D eigenvalue weighted by atomic mass is 35.5. The number of nitrogens with zero attached hydrogens (tertiary/aromatic N) is 3. The van der Waals surface area contributed by atoms with Gasteiger partial charge in [-0.15, -0.1) is 24.8 Å². The molecule has 0 bridgehead atoms. The Morgan fingerprint density at radius 3 is 2.70 bits per heavy atom. The molecule has 11 heteroatoms. The monoisotopic (exact) mass is 583 g/mol. The average molecular weight is 584 g/mol. The van der Waals surface area contributed by atoms with Gasteiger partial charge in [-0.2, -0.15) is 5.26 Å². The van der Waals surface area contributed by atoms with Crippen molar-refractivity contribution in [3.05, 3.63) is 89.6 Å². The van der Waals surface area contributed by atoms with Gasteiger partial charge in [0.2, 0.25) is 0 Å². The zero-order valence-corrected chi connectivity index (χ0v) is 23.0. The van der Waals surface area contributed by atoms with Crippen molar-refractivity contribution in [2.24, 2.45) is 0 Å². The lowest BCUT2D eigenvalue weighted by Gasteiger charge is -2.20. The van der Waals surface area contributed by atoms with E-state index in [4.69, 9.17) is 4.42 Å². The molecule has 3 N–H and O–H groups in total. The Balaban J connectivity index is 0.00000220. The largest absolute Gasteiger partial charge is 0.504 e. The lowest BCUT2D eigenvalue weighted by Crippen LogP contribution is -2.27. The van der Waals surface area contributed by atoms with Crippen molar-refractivity contribution in [1.82, 2.24) is 15.2 Å². The first-order chi connectivity index (χ1) is 18.5. The van der Waals surface area contributed by atoms with E-state index in [0.29, 0.717) is 5.56 Å². The zero-order valence-electron chi connectivity index (χ0n) is 21.4. The number of carbonyl (C=O) groups is 1. The van der Waals surface area contributed by atoms with Gasteiger partial charge in [0, 0.05) is 30.8 Å². The summed E-state index contributed by atoms with van der Waals surface area (Å²) in [5.41, 5.74) is 2.78. The van der Waals surface area contributed by atoms with E-state index in [0.717, 1.165) is 56.3 Å². The maximum Gasteiger partial charge on any atom is 0.292 e. The van der Waals surface area contributed by atoms with E-state index in [1.807, 2.05) is 24.3 Å². The fourth-order valence-corrected chi connectivity index (χ4v) is 4.57. The standard InChI is InChI=1S/C29H26FN5O3.2ClH/c30-24-8-2-7-21(27(24)36)25-16-22(23(17-31)28(33-25)34-29(37)26-9-3-14-38-26)20-6-1-5-19(15-20)18-35-12-4-10-32-11-13-35;;/h1-3,5-9,14-16,32,36H,4,10-13,18H2,(H,33,34,37);2*1H. The van der Waals surface area contributed by atoms with Crippen LogP contribution in [-0.4, -0.2) is 47.1 Å². The second kappa shape index (κ2) is 13.9. The van der Waals surface area contributed by atoms with Gasteiger partial charge in [-0.1, -0.05) is 24.3 Å². The molecule has 8 nitrogen and oxygen atoms in total. The van der Waals surface area contributed by atoms with Crippen LogP contribution in [0.1, 0.15) is 28.1 Å². The smallest absolute Gasteiger partial charge is 0.292 e. The lowest BCUT2D eigenvalue weighted by atomic mass is 9.96. The molecule has 1 amide bonds. The van der Waals surface area contributed by atoms with E-state index in [9.17, 15) is 19.6 Å². The number of nitriles is 1. The number of aromatic hydroxyl groups is 1. The summed E-state index contributed by atoms with van der Waals surface area (Å²) in [5, 5.41) is 26.6. The average Bonchev–Trinajstić information content (AvgIpc) is 3.35. The first-order valence-electron chi connectivity index (χ1n) is 12.3. The van der Waals surface area contributed by atoms with Gasteiger partial charge in [0.05, 0.1) is 12.0 Å².